The molecule has 1 fully saturated rings. The van der Waals surface area contributed by atoms with Gasteiger partial charge in [-0.1, -0.05) is 41.9 Å². The van der Waals surface area contributed by atoms with Crippen molar-refractivity contribution in [3.8, 4) is 0 Å². The molecule has 1 aliphatic heterocycles. The molecule has 1 atom stereocenters. The smallest absolute Gasteiger partial charge is 0.322 e. The second kappa shape index (κ2) is 8.91. The summed E-state index contributed by atoms with van der Waals surface area (Å²) in [6.07, 6.45) is 2.07. The lowest BCUT2D eigenvalue weighted by Crippen LogP contribution is -2.34. The van der Waals surface area contributed by atoms with E-state index in [1.165, 1.54) is 0 Å². The second-order valence-electron chi connectivity index (χ2n) is 6.48. The Kier molecular flexibility index (Phi) is 6.35. The molecule has 2 amide bonds. The highest BCUT2D eigenvalue weighted by Crippen LogP contribution is 2.35. The van der Waals surface area contributed by atoms with Gasteiger partial charge in [-0.05, 0) is 49.1 Å². The Morgan fingerprint density at radius 2 is 1.93 bits per heavy atom. The first-order valence-electron chi connectivity index (χ1n) is 9.15. The van der Waals surface area contributed by atoms with E-state index < -0.39 is 0 Å². The Morgan fingerprint density at radius 3 is 2.63 bits per heavy atom. The number of urea groups is 1. The van der Waals surface area contributed by atoms with Crippen molar-refractivity contribution in [2.75, 3.05) is 18.5 Å². The van der Waals surface area contributed by atoms with Gasteiger partial charge in [0.05, 0.1) is 19.1 Å². The first-order chi connectivity index (χ1) is 13.1. The lowest BCUT2D eigenvalue weighted by Gasteiger charge is -2.26. The number of carbonyl (C=O) groups excluding carboxylic acids is 2. The molecule has 142 valence electrons. The number of nitrogens with one attached hydrogen (secondary N) is 1. The quantitative estimate of drug-likeness (QED) is 0.750. The fourth-order valence-corrected chi connectivity index (χ4v) is 3.62. The molecule has 0 radical (unpaired) electrons. The molecular weight excluding hydrogens is 364 g/mol. The maximum absolute atomic E-state index is 12.8. The molecule has 0 aromatic heterocycles. The second-order valence-corrected chi connectivity index (χ2v) is 6.89. The van der Waals surface area contributed by atoms with E-state index in [4.69, 9.17) is 16.3 Å². The van der Waals surface area contributed by atoms with Crippen LogP contribution in [0.4, 0.5) is 10.5 Å². The summed E-state index contributed by atoms with van der Waals surface area (Å²) in [4.78, 5) is 26.1. The summed E-state index contributed by atoms with van der Waals surface area (Å²) >= 11 is 6.32. The van der Waals surface area contributed by atoms with Gasteiger partial charge >= 0.3 is 12.0 Å². The molecule has 1 aliphatic rings. The normalized spacial score (nSPS) is 16.2. The molecule has 0 bridgehead atoms. The summed E-state index contributed by atoms with van der Waals surface area (Å²) in [6.45, 7) is 2.85. The monoisotopic (exact) mass is 386 g/mol. The molecule has 6 heteroatoms. The Morgan fingerprint density at radius 1 is 1.19 bits per heavy atom. The SMILES string of the molecule is CCOC(=O)Cc1ccc(NC(=O)N2CCCC2c2ccccc2Cl)cc1. The number of ether oxygens (including phenoxy) is 1. The molecule has 2 aromatic rings. The number of halogens is 1. The van der Waals surface area contributed by atoms with Gasteiger partial charge in [-0.15, -0.1) is 0 Å². The molecule has 0 aliphatic carbocycles. The summed E-state index contributed by atoms with van der Waals surface area (Å²) in [6, 6.07) is 14.7. The van der Waals surface area contributed by atoms with Crippen molar-refractivity contribution in [2.45, 2.75) is 32.2 Å². The zero-order valence-corrected chi connectivity index (χ0v) is 16.0. The predicted octanol–water partition coefficient (Wildman–Crippen LogP) is 4.81. The standard InChI is InChI=1S/C21H23ClN2O3/c1-2-27-20(25)14-15-9-11-16(12-10-15)23-21(26)24-13-5-8-19(24)17-6-3-4-7-18(17)22/h3-4,6-7,9-12,19H,2,5,8,13-14H2,1H3,(H,23,26). The van der Waals surface area contributed by atoms with Crippen LogP contribution < -0.4 is 5.32 Å². The van der Waals surface area contributed by atoms with Crippen molar-refractivity contribution in [3.05, 3.63) is 64.7 Å². The van der Waals surface area contributed by atoms with Crippen LogP contribution >= 0.6 is 11.6 Å². The predicted molar refractivity (Wildman–Crippen MR) is 106 cm³/mol. The van der Waals surface area contributed by atoms with Gasteiger partial charge in [-0.2, -0.15) is 0 Å². The van der Waals surface area contributed by atoms with E-state index in [2.05, 4.69) is 5.32 Å². The number of benzene rings is 2. The maximum atomic E-state index is 12.8. The van der Waals surface area contributed by atoms with Crippen molar-refractivity contribution in [1.29, 1.82) is 0 Å². The van der Waals surface area contributed by atoms with Crippen LogP contribution in [0.3, 0.4) is 0 Å². The average Bonchev–Trinajstić information content (AvgIpc) is 3.13. The third-order valence-electron chi connectivity index (χ3n) is 4.64. The summed E-state index contributed by atoms with van der Waals surface area (Å²) in [5.74, 6) is -0.256. The first kappa shape index (κ1) is 19.2. The van der Waals surface area contributed by atoms with Gasteiger partial charge in [0, 0.05) is 17.3 Å². The van der Waals surface area contributed by atoms with E-state index in [9.17, 15) is 9.59 Å². The lowest BCUT2D eigenvalue weighted by molar-refractivity contribution is -0.142. The molecule has 1 saturated heterocycles. The number of amides is 2. The maximum Gasteiger partial charge on any atom is 0.322 e. The van der Waals surface area contributed by atoms with Gasteiger partial charge in [-0.3, -0.25) is 4.79 Å². The summed E-state index contributed by atoms with van der Waals surface area (Å²) in [7, 11) is 0. The van der Waals surface area contributed by atoms with Crippen molar-refractivity contribution in [3.63, 3.8) is 0 Å². The minimum atomic E-state index is -0.256. The third kappa shape index (κ3) is 4.80. The Balaban J connectivity index is 1.64. The van der Waals surface area contributed by atoms with Crippen molar-refractivity contribution >= 4 is 29.3 Å². The lowest BCUT2D eigenvalue weighted by atomic mass is 10.0. The van der Waals surface area contributed by atoms with Crippen LogP contribution in [0.5, 0.6) is 0 Å². The molecule has 1 heterocycles. The van der Waals surface area contributed by atoms with Crippen LogP contribution in [0.25, 0.3) is 0 Å². The molecule has 1 N–H and O–H groups in total. The number of hydrogen-bond donors (Lipinski definition) is 1. The zero-order valence-electron chi connectivity index (χ0n) is 15.3. The third-order valence-corrected chi connectivity index (χ3v) is 4.98. The van der Waals surface area contributed by atoms with Gasteiger partial charge in [0.1, 0.15) is 0 Å². The van der Waals surface area contributed by atoms with Crippen molar-refractivity contribution < 1.29 is 14.3 Å². The summed E-state index contributed by atoms with van der Waals surface area (Å²) < 4.78 is 4.95. The Labute approximate surface area is 164 Å². The Bertz CT molecular complexity index is 807. The number of carbonyl (C=O) groups is 2. The number of hydrogen-bond acceptors (Lipinski definition) is 3. The number of likely N-dealkylation sites (tertiary alicyclic amines) is 1. The fraction of sp³-hybridized carbons (Fsp3) is 0.333. The van der Waals surface area contributed by atoms with Crippen molar-refractivity contribution in [1.82, 2.24) is 4.90 Å². The van der Waals surface area contributed by atoms with Crippen molar-refractivity contribution in [2.24, 2.45) is 0 Å². The molecular formula is C21H23ClN2O3. The van der Waals surface area contributed by atoms with Crippen LogP contribution in [-0.4, -0.2) is 30.1 Å². The van der Waals surface area contributed by atoms with E-state index in [-0.39, 0.29) is 24.5 Å². The van der Waals surface area contributed by atoms with Gasteiger partial charge in [-0.25, -0.2) is 4.79 Å². The van der Waals surface area contributed by atoms with Gasteiger partial charge < -0.3 is 15.0 Å². The molecule has 0 saturated carbocycles. The van der Waals surface area contributed by atoms with Crippen LogP contribution in [0, 0.1) is 0 Å². The van der Waals surface area contributed by atoms with Crippen LogP contribution in [0.1, 0.15) is 36.9 Å². The molecule has 3 rings (SSSR count). The van der Waals surface area contributed by atoms with Crippen LogP contribution in [0.2, 0.25) is 5.02 Å². The van der Waals surface area contributed by atoms with E-state index in [1.54, 1.807) is 19.1 Å². The summed E-state index contributed by atoms with van der Waals surface area (Å²) in [5, 5.41) is 3.62. The highest BCUT2D eigenvalue weighted by molar-refractivity contribution is 6.31. The molecule has 5 nitrogen and oxygen atoms in total. The minimum Gasteiger partial charge on any atom is -0.466 e. The first-order valence-corrected chi connectivity index (χ1v) is 9.53. The zero-order chi connectivity index (χ0) is 19.2. The van der Waals surface area contributed by atoms with Crippen LogP contribution in [-0.2, 0) is 16.0 Å². The largest absolute Gasteiger partial charge is 0.466 e. The minimum absolute atomic E-state index is 0.0122. The average molecular weight is 387 g/mol. The number of rotatable bonds is 5. The molecule has 27 heavy (non-hydrogen) atoms. The molecule has 1 unspecified atom stereocenters. The summed E-state index contributed by atoms with van der Waals surface area (Å²) in [5.41, 5.74) is 2.52. The number of anilines is 1. The van der Waals surface area contributed by atoms with E-state index in [0.717, 1.165) is 24.0 Å². The molecule has 2 aromatic carbocycles. The van der Waals surface area contributed by atoms with Gasteiger partial charge in [0.25, 0.3) is 0 Å². The highest BCUT2D eigenvalue weighted by atomic mass is 35.5. The topological polar surface area (TPSA) is 58.6 Å². The fourth-order valence-electron chi connectivity index (χ4n) is 3.36. The number of nitrogens with zero attached hydrogens (tertiary/aromatic N) is 1. The van der Waals surface area contributed by atoms with Gasteiger partial charge in [0.15, 0.2) is 0 Å². The van der Waals surface area contributed by atoms with Gasteiger partial charge in [0.2, 0.25) is 0 Å². The van der Waals surface area contributed by atoms with Crippen LogP contribution in [0.15, 0.2) is 48.5 Å². The highest BCUT2D eigenvalue weighted by Gasteiger charge is 2.31. The van der Waals surface area contributed by atoms with E-state index in [0.29, 0.717) is 23.9 Å². The van der Waals surface area contributed by atoms with E-state index >= 15 is 0 Å². The molecule has 0 spiro atoms. The number of esters is 1. The van der Waals surface area contributed by atoms with E-state index in [1.807, 2.05) is 41.3 Å². The Hall–Kier alpha value is -2.53.